The Morgan fingerprint density at radius 2 is 1.96 bits per heavy atom. The Labute approximate surface area is 162 Å². The molecule has 1 aromatic heterocycles. The van der Waals surface area contributed by atoms with Crippen molar-refractivity contribution in [2.24, 2.45) is 0 Å². The summed E-state index contributed by atoms with van der Waals surface area (Å²) in [6.45, 7) is 2.12. The van der Waals surface area contributed by atoms with Crippen LogP contribution in [0, 0.1) is 0 Å². The van der Waals surface area contributed by atoms with Crippen LogP contribution in [0.5, 0.6) is 5.75 Å². The predicted octanol–water partition coefficient (Wildman–Crippen LogP) is 4.09. The van der Waals surface area contributed by atoms with E-state index in [4.69, 9.17) is 4.74 Å². The van der Waals surface area contributed by atoms with Gasteiger partial charge in [-0.2, -0.15) is 0 Å². The van der Waals surface area contributed by atoms with Gasteiger partial charge in [0.15, 0.2) is 0 Å². The summed E-state index contributed by atoms with van der Waals surface area (Å²) in [6, 6.07) is 12.0. The van der Waals surface area contributed by atoms with Gasteiger partial charge in [-0.25, -0.2) is 0 Å². The molecule has 0 bridgehead atoms. The zero-order valence-electron chi connectivity index (χ0n) is 14.8. The van der Waals surface area contributed by atoms with E-state index in [-0.39, 0.29) is 5.91 Å². The Kier molecular flexibility index (Phi) is 8.44. The standard InChI is InChI=1S/C19H25BrN2O2S/c1-22(2)12-13-24-16-8-6-15(7-9-16)14-21-19(23)5-3-4-17-10-11-18(20)25-17/h6-11H,3-5,12-14H2,1-2H3,(H,21,23). The van der Waals surface area contributed by atoms with E-state index in [9.17, 15) is 4.79 Å². The van der Waals surface area contributed by atoms with Gasteiger partial charge in [0.25, 0.3) is 0 Å². The van der Waals surface area contributed by atoms with Gasteiger partial charge in [-0.3, -0.25) is 4.79 Å². The van der Waals surface area contributed by atoms with Crippen LogP contribution in [0.15, 0.2) is 40.2 Å². The lowest BCUT2D eigenvalue weighted by Crippen LogP contribution is -2.22. The highest BCUT2D eigenvalue weighted by atomic mass is 79.9. The molecule has 1 N–H and O–H groups in total. The lowest BCUT2D eigenvalue weighted by atomic mass is 10.2. The predicted molar refractivity (Wildman–Crippen MR) is 107 cm³/mol. The minimum absolute atomic E-state index is 0.0990. The summed E-state index contributed by atoms with van der Waals surface area (Å²) >= 11 is 5.19. The van der Waals surface area contributed by atoms with Gasteiger partial charge in [0.05, 0.1) is 3.79 Å². The third-order valence-electron chi connectivity index (χ3n) is 3.68. The molecule has 25 heavy (non-hydrogen) atoms. The second kappa shape index (κ2) is 10.6. The highest BCUT2D eigenvalue weighted by Crippen LogP contribution is 2.23. The molecule has 0 aliphatic heterocycles. The summed E-state index contributed by atoms with van der Waals surface area (Å²) in [5.74, 6) is 0.959. The molecule has 0 aliphatic rings. The van der Waals surface area contributed by atoms with Gasteiger partial charge in [-0.1, -0.05) is 12.1 Å². The minimum atomic E-state index is 0.0990. The topological polar surface area (TPSA) is 41.6 Å². The van der Waals surface area contributed by atoms with Crippen LogP contribution in [0.1, 0.15) is 23.3 Å². The Morgan fingerprint density at radius 1 is 1.20 bits per heavy atom. The molecule has 2 rings (SSSR count). The average molecular weight is 425 g/mol. The quantitative estimate of drug-likeness (QED) is 0.624. The molecule has 1 heterocycles. The number of hydrogen-bond donors (Lipinski definition) is 1. The van der Waals surface area contributed by atoms with Gasteiger partial charge in [-0.15, -0.1) is 11.3 Å². The third kappa shape index (κ3) is 8.03. The molecular formula is C19H25BrN2O2S. The van der Waals surface area contributed by atoms with Crippen LogP contribution in [0.2, 0.25) is 0 Å². The molecule has 2 aromatic rings. The molecule has 1 amide bonds. The van der Waals surface area contributed by atoms with Crippen molar-refractivity contribution in [3.05, 3.63) is 50.6 Å². The normalized spacial score (nSPS) is 10.9. The van der Waals surface area contributed by atoms with Crippen LogP contribution < -0.4 is 10.1 Å². The fraction of sp³-hybridized carbons (Fsp3) is 0.421. The number of rotatable bonds is 10. The molecule has 0 spiro atoms. The summed E-state index contributed by atoms with van der Waals surface area (Å²) in [7, 11) is 4.04. The second-order valence-electron chi connectivity index (χ2n) is 6.13. The number of ether oxygens (including phenoxy) is 1. The number of carbonyl (C=O) groups excluding carboxylic acids is 1. The first-order valence-corrected chi connectivity index (χ1v) is 10.0. The van der Waals surface area contributed by atoms with E-state index < -0.39 is 0 Å². The maximum absolute atomic E-state index is 11.9. The molecule has 6 heteroatoms. The van der Waals surface area contributed by atoms with Gasteiger partial charge >= 0.3 is 0 Å². The largest absolute Gasteiger partial charge is 0.492 e. The van der Waals surface area contributed by atoms with Gasteiger partial charge in [-0.05, 0) is 72.7 Å². The molecular weight excluding hydrogens is 400 g/mol. The van der Waals surface area contributed by atoms with Crippen molar-refractivity contribution in [3.63, 3.8) is 0 Å². The number of hydrogen-bond acceptors (Lipinski definition) is 4. The number of likely N-dealkylation sites (N-methyl/N-ethyl adjacent to an activating group) is 1. The Morgan fingerprint density at radius 3 is 2.60 bits per heavy atom. The van der Waals surface area contributed by atoms with Gasteiger partial charge in [0, 0.05) is 24.4 Å². The van der Waals surface area contributed by atoms with E-state index in [2.05, 4.69) is 32.2 Å². The molecule has 4 nitrogen and oxygen atoms in total. The van der Waals surface area contributed by atoms with Crippen LogP contribution >= 0.6 is 27.3 Å². The molecule has 136 valence electrons. The van der Waals surface area contributed by atoms with Crippen LogP contribution in [-0.2, 0) is 17.8 Å². The number of nitrogens with zero attached hydrogens (tertiary/aromatic N) is 1. The van der Waals surface area contributed by atoms with E-state index >= 15 is 0 Å². The summed E-state index contributed by atoms with van der Waals surface area (Å²) < 4.78 is 6.80. The van der Waals surface area contributed by atoms with E-state index in [1.807, 2.05) is 44.4 Å². The Hall–Kier alpha value is -1.37. The smallest absolute Gasteiger partial charge is 0.220 e. The molecule has 0 aliphatic carbocycles. The summed E-state index contributed by atoms with van der Waals surface area (Å²) in [5, 5.41) is 2.98. The van der Waals surface area contributed by atoms with Crippen molar-refractivity contribution in [1.82, 2.24) is 10.2 Å². The first-order chi connectivity index (χ1) is 12.0. The zero-order chi connectivity index (χ0) is 18.1. The van der Waals surface area contributed by atoms with Crippen molar-refractivity contribution in [2.45, 2.75) is 25.8 Å². The van der Waals surface area contributed by atoms with Crippen LogP contribution in [0.3, 0.4) is 0 Å². The van der Waals surface area contributed by atoms with Gasteiger partial charge in [0.2, 0.25) is 5.91 Å². The molecule has 0 saturated heterocycles. The number of thiophene rings is 1. The first kappa shape index (κ1) is 19.9. The van der Waals surface area contributed by atoms with E-state index in [1.54, 1.807) is 11.3 Å². The molecule has 0 unspecified atom stereocenters. The maximum Gasteiger partial charge on any atom is 0.220 e. The average Bonchev–Trinajstić information content (AvgIpc) is 2.99. The number of nitrogens with one attached hydrogen (secondary N) is 1. The highest BCUT2D eigenvalue weighted by molar-refractivity contribution is 9.11. The van der Waals surface area contributed by atoms with Crippen molar-refractivity contribution in [2.75, 3.05) is 27.2 Å². The maximum atomic E-state index is 11.9. The number of carbonyl (C=O) groups is 1. The van der Waals surface area contributed by atoms with Crippen molar-refractivity contribution in [3.8, 4) is 5.75 Å². The summed E-state index contributed by atoms with van der Waals surface area (Å²) in [5.41, 5.74) is 1.08. The Balaban J connectivity index is 1.63. The Bertz CT molecular complexity index is 656. The van der Waals surface area contributed by atoms with Gasteiger partial charge in [0.1, 0.15) is 12.4 Å². The fourth-order valence-electron chi connectivity index (χ4n) is 2.25. The van der Waals surface area contributed by atoms with E-state index in [0.717, 1.165) is 34.5 Å². The van der Waals surface area contributed by atoms with Crippen LogP contribution in [0.4, 0.5) is 0 Å². The van der Waals surface area contributed by atoms with Crippen LogP contribution in [-0.4, -0.2) is 38.1 Å². The van der Waals surface area contributed by atoms with Crippen LogP contribution in [0.25, 0.3) is 0 Å². The first-order valence-electron chi connectivity index (χ1n) is 8.40. The lowest BCUT2D eigenvalue weighted by Gasteiger charge is -2.11. The number of benzene rings is 1. The SMILES string of the molecule is CN(C)CCOc1ccc(CNC(=O)CCCc2ccc(Br)s2)cc1. The molecule has 0 saturated carbocycles. The summed E-state index contributed by atoms with van der Waals surface area (Å²) in [6.07, 6.45) is 2.38. The monoisotopic (exact) mass is 424 g/mol. The number of aryl methyl sites for hydroxylation is 1. The third-order valence-corrected chi connectivity index (χ3v) is 5.36. The summed E-state index contributed by atoms with van der Waals surface area (Å²) in [4.78, 5) is 15.3. The fourth-order valence-corrected chi connectivity index (χ4v) is 3.77. The number of amides is 1. The van der Waals surface area contributed by atoms with Crippen molar-refractivity contribution >= 4 is 33.2 Å². The zero-order valence-corrected chi connectivity index (χ0v) is 17.2. The van der Waals surface area contributed by atoms with E-state index in [0.29, 0.717) is 19.6 Å². The van der Waals surface area contributed by atoms with Crippen molar-refractivity contribution < 1.29 is 9.53 Å². The second-order valence-corrected chi connectivity index (χ2v) is 8.68. The highest BCUT2D eigenvalue weighted by Gasteiger charge is 2.04. The molecule has 0 atom stereocenters. The number of halogens is 1. The molecule has 1 aromatic carbocycles. The lowest BCUT2D eigenvalue weighted by molar-refractivity contribution is -0.121. The van der Waals surface area contributed by atoms with Crippen molar-refractivity contribution in [1.29, 1.82) is 0 Å². The van der Waals surface area contributed by atoms with E-state index in [1.165, 1.54) is 4.88 Å². The molecule has 0 fully saturated rings. The molecule has 0 radical (unpaired) electrons. The minimum Gasteiger partial charge on any atom is -0.492 e. The van der Waals surface area contributed by atoms with Gasteiger partial charge < -0.3 is 15.0 Å².